The van der Waals surface area contributed by atoms with Crippen molar-refractivity contribution in [2.75, 3.05) is 5.73 Å². The highest BCUT2D eigenvalue weighted by Gasteiger charge is 2.17. The monoisotopic (exact) mass is 332 g/mol. The Balaban J connectivity index is 2.20. The highest BCUT2D eigenvalue weighted by molar-refractivity contribution is 9.10. The smallest absolute Gasteiger partial charge is 0.243 e. The number of rotatable bonds is 4. The summed E-state index contributed by atoms with van der Waals surface area (Å²) < 4.78 is 31.5. The summed E-state index contributed by atoms with van der Waals surface area (Å²) in [7, 11) is -3.70. The Morgan fingerprint density at radius 3 is 2.83 bits per heavy atom. The Bertz CT molecular complexity index is 642. The molecule has 0 atom stereocenters. The van der Waals surface area contributed by atoms with Crippen molar-refractivity contribution < 1.29 is 12.9 Å². The van der Waals surface area contributed by atoms with Gasteiger partial charge in [0.1, 0.15) is 4.90 Å². The van der Waals surface area contributed by atoms with Gasteiger partial charge in [0.05, 0.1) is 12.2 Å². The zero-order valence-corrected chi connectivity index (χ0v) is 11.4. The zero-order valence-electron chi connectivity index (χ0n) is 9.00. The molecule has 9 heteroatoms. The maximum absolute atomic E-state index is 12.0. The Hall–Kier alpha value is -1.45. The van der Waals surface area contributed by atoms with E-state index in [0.717, 1.165) is 6.39 Å². The molecule has 96 valence electrons. The number of hydrogen-bond acceptors (Lipinski definition) is 6. The van der Waals surface area contributed by atoms with Gasteiger partial charge in [0.2, 0.25) is 16.4 Å². The van der Waals surface area contributed by atoms with Crippen LogP contribution in [0.4, 0.5) is 5.69 Å². The Morgan fingerprint density at radius 1 is 1.44 bits per heavy atom. The van der Waals surface area contributed by atoms with E-state index < -0.39 is 10.0 Å². The van der Waals surface area contributed by atoms with E-state index in [-0.39, 0.29) is 23.0 Å². The minimum absolute atomic E-state index is 0.00851. The van der Waals surface area contributed by atoms with Gasteiger partial charge in [0.15, 0.2) is 5.82 Å². The van der Waals surface area contributed by atoms with Crippen molar-refractivity contribution in [2.24, 2.45) is 0 Å². The van der Waals surface area contributed by atoms with Gasteiger partial charge in [0.25, 0.3) is 0 Å². The molecule has 0 aliphatic carbocycles. The van der Waals surface area contributed by atoms with Gasteiger partial charge in [-0.15, -0.1) is 0 Å². The number of halogens is 1. The third-order valence-electron chi connectivity index (χ3n) is 2.09. The second-order valence-corrected chi connectivity index (χ2v) is 6.01. The van der Waals surface area contributed by atoms with E-state index in [1.54, 1.807) is 6.07 Å². The van der Waals surface area contributed by atoms with Crippen molar-refractivity contribution in [2.45, 2.75) is 11.4 Å². The van der Waals surface area contributed by atoms with Crippen molar-refractivity contribution >= 4 is 31.6 Å². The van der Waals surface area contributed by atoms with Gasteiger partial charge in [0, 0.05) is 4.47 Å². The van der Waals surface area contributed by atoms with E-state index in [4.69, 9.17) is 5.73 Å². The fourth-order valence-corrected chi connectivity index (χ4v) is 2.74. The van der Waals surface area contributed by atoms with Crippen LogP contribution in [0.2, 0.25) is 0 Å². The van der Waals surface area contributed by atoms with E-state index in [1.807, 2.05) is 0 Å². The molecule has 0 saturated heterocycles. The molecule has 0 spiro atoms. The number of aromatic nitrogens is 2. The average Bonchev–Trinajstić information content (AvgIpc) is 2.78. The van der Waals surface area contributed by atoms with Crippen LogP contribution in [0.25, 0.3) is 0 Å². The maximum Gasteiger partial charge on any atom is 0.243 e. The predicted octanol–water partition coefficient (Wildman–Crippen LogP) is 0.893. The van der Waals surface area contributed by atoms with Crippen LogP contribution >= 0.6 is 15.9 Å². The minimum atomic E-state index is -3.70. The van der Waals surface area contributed by atoms with Gasteiger partial charge < -0.3 is 10.3 Å². The summed E-state index contributed by atoms with van der Waals surface area (Å²) in [6.07, 6.45) is 1.12. The van der Waals surface area contributed by atoms with Crippen molar-refractivity contribution in [1.82, 2.24) is 14.9 Å². The lowest BCUT2D eigenvalue weighted by Gasteiger charge is -2.07. The fourth-order valence-electron chi connectivity index (χ4n) is 1.27. The molecule has 0 aliphatic rings. The summed E-state index contributed by atoms with van der Waals surface area (Å²) in [4.78, 5) is 3.71. The predicted molar refractivity (Wildman–Crippen MR) is 66.9 cm³/mol. The number of anilines is 1. The number of nitrogens with zero attached hydrogens (tertiary/aromatic N) is 2. The molecule has 18 heavy (non-hydrogen) atoms. The van der Waals surface area contributed by atoms with Crippen LogP contribution in [0.1, 0.15) is 5.82 Å². The molecule has 1 aromatic heterocycles. The van der Waals surface area contributed by atoms with Crippen molar-refractivity contribution in [1.29, 1.82) is 0 Å². The number of hydrogen-bond donors (Lipinski definition) is 2. The second kappa shape index (κ2) is 5.04. The first-order valence-corrected chi connectivity index (χ1v) is 7.06. The third-order valence-corrected chi connectivity index (χ3v) is 4.06. The standard InChI is InChI=1S/C9H9BrN4O3S/c10-6-1-2-8(7(11)3-6)18(15,16)13-4-9-12-5-17-14-9/h1-3,5,13H,4,11H2. The Labute approximate surface area is 112 Å². The van der Waals surface area contributed by atoms with Crippen LogP contribution < -0.4 is 10.5 Å². The molecule has 2 aromatic rings. The van der Waals surface area contributed by atoms with E-state index in [1.165, 1.54) is 12.1 Å². The van der Waals surface area contributed by atoms with Crippen molar-refractivity contribution in [3.63, 3.8) is 0 Å². The van der Waals surface area contributed by atoms with Gasteiger partial charge >= 0.3 is 0 Å². The minimum Gasteiger partial charge on any atom is -0.398 e. The molecule has 7 nitrogen and oxygen atoms in total. The molecule has 0 radical (unpaired) electrons. The van der Waals surface area contributed by atoms with E-state index in [0.29, 0.717) is 4.47 Å². The first-order chi connectivity index (χ1) is 8.49. The molecule has 0 fully saturated rings. The molecule has 0 unspecified atom stereocenters. The highest BCUT2D eigenvalue weighted by atomic mass is 79.9. The normalized spacial score (nSPS) is 11.6. The van der Waals surface area contributed by atoms with Crippen LogP contribution in [0, 0.1) is 0 Å². The third kappa shape index (κ3) is 2.86. The average molecular weight is 333 g/mol. The van der Waals surface area contributed by atoms with Crippen molar-refractivity contribution in [3.05, 3.63) is 34.9 Å². The Kier molecular flexibility index (Phi) is 3.64. The summed E-state index contributed by atoms with van der Waals surface area (Å²) in [6, 6.07) is 4.53. The molecule has 3 N–H and O–H groups in total. The second-order valence-electron chi connectivity index (χ2n) is 3.35. The number of sulfonamides is 1. The molecule has 0 bridgehead atoms. The van der Waals surface area contributed by atoms with Crippen molar-refractivity contribution in [3.8, 4) is 0 Å². The van der Waals surface area contributed by atoms with E-state index in [9.17, 15) is 8.42 Å². The molecular weight excluding hydrogens is 324 g/mol. The summed E-state index contributed by atoms with van der Waals surface area (Å²) in [5.74, 6) is 0.245. The molecule has 1 aromatic carbocycles. The highest BCUT2D eigenvalue weighted by Crippen LogP contribution is 2.22. The van der Waals surface area contributed by atoms with Gasteiger partial charge in [-0.2, -0.15) is 4.98 Å². The van der Waals surface area contributed by atoms with E-state index >= 15 is 0 Å². The number of nitrogens with two attached hydrogens (primary N) is 1. The topological polar surface area (TPSA) is 111 Å². The van der Waals surface area contributed by atoms with Crippen LogP contribution in [-0.4, -0.2) is 18.6 Å². The van der Waals surface area contributed by atoms with Crippen LogP contribution in [0.3, 0.4) is 0 Å². The molecule has 0 aliphatic heterocycles. The summed E-state index contributed by atoms with van der Waals surface area (Å²) in [5.41, 5.74) is 5.81. The first kappa shape index (κ1) is 13.0. The lowest BCUT2D eigenvalue weighted by Crippen LogP contribution is -2.24. The molecule has 0 saturated carbocycles. The number of benzene rings is 1. The summed E-state index contributed by atoms with van der Waals surface area (Å²) in [5, 5.41) is 3.50. The van der Waals surface area contributed by atoms with Crippen LogP contribution in [0.15, 0.2) is 38.5 Å². The molecule has 0 amide bonds. The fraction of sp³-hybridized carbons (Fsp3) is 0.111. The number of nitrogens with one attached hydrogen (secondary N) is 1. The molecule has 1 heterocycles. The Morgan fingerprint density at radius 2 is 2.22 bits per heavy atom. The van der Waals surface area contributed by atoms with Crippen LogP contribution in [0.5, 0.6) is 0 Å². The quantitative estimate of drug-likeness (QED) is 0.804. The van der Waals surface area contributed by atoms with Gasteiger partial charge in [-0.25, -0.2) is 13.1 Å². The van der Waals surface area contributed by atoms with Gasteiger partial charge in [-0.05, 0) is 18.2 Å². The van der Waals surface area contributed by atoms with E-state index in [2.05, 4.69) is 35.3 Å². The summed E-state index contributed by atoms with van der Waals surface area (Å²) in [6.45, 7) is -0.0612. The number of nitrogen functional groups attached to an aromatic ring is 1. The maximum atomic E-state index is 12.0. The van der Waals surface area contributed by atoms with Gasteiger partial charge in [-0.1, -0.05) is 21.1 Å². The largest absolute Gasteiger partial charge is 0.398 e. The molecule has 2 rings (SSSR count). The lowest BCUT2D eigenvalue weighted by atomic mass is 10.3. The zero-order chi connectivity index (χ0) is 13.2. The van der Waals surface area contributed by atoms with Gasteiger partial charge in [-0.3, -0.25) is 0 Å². The van der Waals surface area contributed by atoms with Crippen LogP contribution in [-0.2, 0) is 16.6 Å². The molecular formula is C9H9BrN4O3S. The summed E-state index contributed by atoms with van der Waals surface area (Å²) >= 11 is 3.21. The lowest BCUT2D eigenvalue weighted by molar-refractivity contribution is 0.409. The SMILES string of the molecule is Nc1cc(Br)ccc1S(=O)(=O)NCc1ncon1. The first-order valence-electron chi connectivity index (χ1n) is 4.79.